The van der Waals surface area contributed by atoms with E-state index in [-0.39, 0.29) is 17.9 Å². The highest BCUT2D eigenvalue weighted by molar-refractivity contribution is 5.95. The van der Waals surface area contributed by atoms with Crippen molar-refractivity contribution in [3.8, 4) is 11.3 Å². The third-order valence-electron chi connectivity index (χ3n) is 4.60. The summed E-state index contributed by atoms with van der Waals surface area (Å²) >= 11 is 0. The van der Waals surface area contributed by atoms with Crippen LogP contribution < -0.4 is 10.9 Å². The second kappa shape index (κ2) is 7.11. The predicted molar refractivity (Wildman–Crippen MR) is 108 cm³/mol. The number of aryl methyl sites for hydroxylation is 2. The highest BCUT2D eigenvalue weighted by atomic mass is 16.1. The zero-order valence-corrected chi connectivity index (χ0v) is 15.6. The summed E-state index contributed by atoms with van der Waals surface area (Å²) in [5.74, 6) is 0.301. The number of hydrogen-bond donors (Lipinski definition) is 2. The summed E-state index contributed by atoms with van der Waals surface area (Å²) in [6.45, 7) is 1.95. The molecule has 0 aliphatic heterocycles. The lowest BCUT2D eigenvalue weighted by atomic mass is 10.0. The molecule has 0 aliphatic rings. The van der Waals surface area contributed by atoms with Gasteiger partial charge in [0.2, 0.25) is 5.91 Å². The minimum Gasteiger partial charge on any atom is -0.357 e. The number of nitrogens with zero attached hydrogens (tertiary/aromatic N) is 3. The largest absolute Gasteiger partial charge is 0.357 e. The van der Waals surface area contributed by atoms with Crippen LogP contribution in [0.25, 0.3) is 22.2 Å². The van der Waals surface area contributed by atoms with E-state index in [0.717, 1.165) is 27.8 Å². The fourth-order valence-electron chi connectivity index (χ4n) is 3.20. The third kappa shape index (κ3) is 3.29. The monoisotopic (exact) mass is 373 g/mol. The summed E-state index contributed by atoms with van der Waals surface area (Å²) in [6, 6.07) is 9.20. The van der Waals surface area contributed by atoms with Gasteiger partial charge in [0.25, 0.3) is 5.56 Å². The van der Waals surface area contributed by atoms with Crippen molar-refractivity contribution < 1.29 is 4.79 Å². The first-order chi connectivity index (χ1) is 13.5. The highest BCUT2D eigenvalue weighted by Crippen LogP contribution is 2.28. The molecular formula is C21H19N5O2. The van der Waals surface area contributed by atoms with Crippen molar-refractivity contribution in [2.75, 3.05) is 5.32 Å². The SMILES string of the molecule is Cc1ccc(NC(=O)Cc2cccnc2)nc1-c1cn(C)c(=O)c2[nH]ccc12. The first kappa shape index (κ1) is 17.7. The Morgan fingerprint density at radius 2 is 2.11 bits per heavy atom. The predicted octanol–water partition coefficient (Wildman–Crippen LogP) is 2.81. The van der Waals surface area contributed by atoms with Crippen LogP contribution in [0, 0.1) is 6.92 Å². The van der Waals surface area contributed by atoms with E-state index in [1.165, 1.54) is 4.57 Å². The van der Waals surface area contributed by atoms with E-state index < -0.39 is 0 Å². The second-order valence-corrected chi connectivity index (χ2v) is 6.67. The van der Waals surface area contributed by atoms with Gasteiger partial charge in [-0.3, -0.25) is 14.6 Å². The lowest BCUT2D eigenvalue weighted by molar-refractivity contribution is -0.115. The van der Waals surface area contributed by atoms with Crippen LogP contribution in [0.2, 0.25) is 0 Å². The Hall–Kier alpha value is -3.74. The molecule has 0 fully saturated rings. The standard InChI is InChI=1S/C21H19N5O2/c1-13-5-6-17(24-18(27)10-14-4-3-8-22-11-14)25-19(13)16-12-26(2)21(28)20-15(16)7-9-23-20/h3-9,11-12,23H,10H2,1-2H3,(H,24,25,27). The van der Waals surface area contributed by atoms with Gasteiger partial charge in [-0.2, -0.15) is 0 Å². The number of rotatable bonds is 4. The fraction of sp³-hybridized carbons (Fsp3) is 0.143. The second-order valence-electron chi connectivity index (χ2n) is 6.67. The van der Waals surface area contributed by atoms with Gasteiger partial charge in [-0.1, -0.05) is 12.1 Å². The maximum Gasteiger partial charge on any atom is 0.274 e. The minimum atomic E-state index is -0.164. The van der Waals surface area contributed by atoms with Crippen molar-refractivity contribution in [1.29, 1.82) is 0 Å². The zero-order chi connectivity index (χ0) is 19.7. The van der Waals surface area contributed by atoms with Gasteiger partial charge < -0.3 is 14.9 Å². The van der Waals surface area contributed by atoms with Crippen molar-refractivity contribution in [3.63, 3.8) is 0 Å². The van der Waals surface area contributed by atoms with Gasteiger partial charge in [0, 0.05) is 42.8 Å². The minimum absolute atomic E-state index is 0.0951. The molecule has 0 aliphatic carbocycles. The number of hydrogen-bond acceptors (Lipinski definition) is 4. The van der Waals surface area contributed by atoms with Gasteiger partial charge in [0.1, 0.15) is 11.3 Å². The summed E-state index contributed by atoms with van der Waals surface area (Å²) < 4.78 is 1.53. The third-order valence-corrected chi connectivity index (χ3v) is 4.60. The normalized spacial score (nSPS) is 10.9. The summed E-state index contributed by atoms with van der Waals surface area (Å²) in [6.07, 6.45) is 7.07. The zero-order valence-electron chi connectivity index (χ0n) is 15.6. The molecule has 0 aromatic carbocycles. The number of nitrogens with one attached hydrogen (secondary N) is 2. The Labute approximate surface area is 161 Å². The van der Waals surface area contributed by atoms with Crippen LogP contribution in [0.4, 0.5) is 5.82 Å². The van der Waals surface area contributed by atoms with Gasteiger partial charge in [-0.05, 0) is 36.2 Å². The van der Waals surface area contributed by atoms with Gasteiger partial charge in [-0.25, -0.2) is 4.98 Å². The van der Waals surface area contributed by atoms with Crippen molar-refractivity contribution in [1.82, 2.24) is 19.5 Å². The van der Waals surface area contributed by atoms with Crippen LogP contribution in [-0.4, -0.2) is 25.4 Å². The molecule has 0 spiro atoms. The first-order valence-corrected chi connectivity index (χ1v) is 8.86. The Morgan fingerprint density at radius 3 is 2.89 bits per heavy atom. The molecular weight excluding hydrogens is 354 g/mol. The Bertz CT molecular complexity index is 1220. The highest BCUT2D eigenvalue weighted by Gasteiger charge is 2.14. The number of aromatic amines is 1. The van der Waals surface area contributed by atoms with Gasteiger partial charge in [0.05, 0.1) is 12.1 Å². The van der Waals surface area contributed by atoms with Gasteiger partial charge in [-0.15, -0.1) is 0 Å². The number of pyridine rings is 3. The molecule has 0 saturated heterocycles. The van der Waals surface area contributed by atoms with Crippen molar-refractivity contribution in [2.45, 2.75) is 13.3 Å². The molecule has 0 atom stereocenters. The molecule has 0 saturated carbocycles. The number of fused-ring (bicyclic) bond motifs is 1. The molecule has 1 amide bonds. The quantitative estimate of drug-likeness (QED) is 0.575. The molecule has 4 aromatic rings. The van der Waals surface area contributed by atoms with Crippen molar-refractivity contribution in [3.05, 3.63) is 76.6 Å². The van der Waals surface area contributed by atoms with Crippen molar-refractivity contribution in [2.24, 2.45) is 7.05 Å². The molecule has 0 unspecified atom stereocenters. The number of carbonyl (C=O) groups excluding carboxylic acids is 1. The van der Waals surface area contributed by atoms with Gasteiger partial charge in [0.15, 0.2) is 0 Å². The van der Waals surface area contributed by atoms with E-state index in [1.54, 1.807) is 44.0 Å². The van der Waals surface area contributed by atoms with E-state index in [2.05, 4.69) is 20.3 Å². The Kier molecular flexibility index (Phi) is 4.49. The fourth-order valence-corrected chi connectivity index (χ4v) is 3.20. The number of aromatic nitrogens is 4. The van der Waals surface area contributed by atoms with E-state index in [0.29, 0.717) is 11.3 Å². The number of H-pyrrole nitrogens is 1. The number of anilines is 1. The van der Waals surface area contributed by atoms with E-state index in [9.17, 15) is 9.59 Å². The van der Waals surface area contributed by atoms with Crippen LogP contribution in [0.1, 0.15) is 11.1 Å². The average molecular weight is 373 g/mol. The maximum absolute atomic E-state index is 12.4. The van der Waals surface area contributed by atoms with Gasteiger partial charge >= 0.3 is 0 Å². The molecule has 4 aromatic heterocycles. The lowest BCUT2D eigenvalue weighted by Crippen LogP contribution is -2.17. The van der Waals surface area contributed by atoms with E-state index in [1.807, 2.05) is 25.1 Å². The summed E-state index contributed by atoms with van der Waals surface area (Å²) in [5, 5.41) is 3.64. The maximum atomic E-state index is 12.4. The molecule has 4 rings (SSSR count). The topological polar surface area (TPSA) is 92.7 Å². The van der Waals surface area contributed by atoms with Crippen LogP contribution >= 0.6 is 0 Å². The van der Waals surface area contributed by atoms with Crippen molar-refractivity contribution >= 4 is 22.6 Å². The van der Waals surface area contributed by atoms with Crippen LogP contribution in [0.5, 0.6) is 0 Å². The number of amides is 1. The molecule has 0 radical (unpaired) electrons. The van der Waals surface area contributed by atoms with Crippen LogP contribution in [-0.2, 0) is 18.3 Å². The summed E-state index contributed by atoms with van der Waals surface area (Å²) in [7, 11) is 1.71. The molecule has 2 N–H and O–H groups in total. The van der Waals surface area contributed by atoms with E-state index in [4.69, 9.17) is 0 Å². The molecule has 4 heterocycles. The summed E-state index contributed by atoms with van der Waals surface area (Å²) in [4.78, 5) is 36.3. The number of carbonyl (C=O) groups is 1. The molecule has 0 bridgehead atoms. The Balaban J connectivity index is 1.69. The average Bonchev–Trinajstić information content (AvgIpc) is 3.17. The van der Waals surface area contributed by atoms with E-state index >= 15 is 0 Å². The van der Waals surface area contributed by atoms with Crippen LogP contribution in [0.3, 0.4) is 0 Å². The molecule has 28 heavy (non-hydrogen) atoms. The molecule has 140 valence electrons. The lowest BCUT2D eigenvalue weighted by Gasteiger charge is -2.11. The smallest absolute Gasteiger partial charge is 0.274 e. The van der Waals surface area contributed by atoms with Crippen LogP contribution in [0.15, 0.2) is 59.9 Å². The molecule has 7 heteroatoms. The first-order valence-electron chi connectivity index (χ1n) is 8.86. The summed E-state index contributed by atoms with van der Waals surface area (Å²) in [5.41, 5.74) is 3.78. The molecule has 7 nitrogen and oxygen atoms in total. The Morgan fingerprint density at radius 1 is 1.25 bits per heavy atom.